The van der Waals surface area contributed by atoms with Crippen LogP contribution in [0.4, 0.5) is 0 Å². The molecular weight excluding hydrogens is 151 g/mol. The summed E-state index contributed by atoms with van der Waals surface area (Å²) in [6.07, 6.45) is 0.644. The molecule has 0 aromatic carbocycles. The molecule has 0 aliphatic heterocycles. The molecule has 0 rings (SSSR count). The maximum atomic E-state index is 10.2. The van der Waals surface area contributed by atoms with Crippen LogP contribution < -0.4 is 0 Å². The minimum Gasteiger partial charge on any atom is -0.361 e. The number of carbonyl (C=O) groups is 1. The number of hydrogen-bond acceptors (Lipinski definition) is 1. The van der Waals surface area contributed by atoms with E-state index in [1.807, 2.05) is 0 Å². The molecule has 0 saturated carbocycles. The van der Waals surface area contributed by atoms with E-state index in [1.165, 1.54) is 0 Å². The standard InChI is InChI=1S/C3H2Cl2N2O/c4-3(5)2(8)1-7-6/h1,3H. The van der Waals surface area contributed by atoms with Gasteiger partial charge in [-0.05, 0) is 0 Å². The van der Waals surface area contributed by atoms with Crippen molar-refractivity contribution in [3.63, 3.8) is 0 Å². The quantitative estimate of drug-likeness (QED) is 0.249. The van der Waals surface area contributed by atoms with Gasteiger partial charge in [-0.15, -0.1) is 0 Å². The lowest BCUT2D eigenvalue weighted by molar-refractivity contribution is -0.114. The Morgan fingerprint density at radius 1 is 1.75 bits per heavy atom. The van der Waals surface area contributed by atoms with E-state index >= 15 is 0 Å². The number of Topliss-reactive ketones (excluding diaryl/α,β-unsaturated/α-hetero) is 1. The van der Waals surface area contributed by atoms with Gasteiger partial charge in [0.25, 0.3) is 5.78 Å². The lowest BCUT2D eigenvalue weighted by Crippen LogP contribution is -2.08. The molecule has 0 aromatic rings. The predicted molar refractivity (Wildman–Crippen MR) is 30.2 cm³/mol. The van der Waals surface area contributed by atoms with Gasteiger partial charge in [-0.2, -0.15) is 4.79 Å². The number of halogens is 2. The van der Waals surface area contributed by atoms with Crippen LogP contribution in [0.1, 0.15) is 0 Å². The molecule has 5 heteroatoms. The van der Waals surface area contributed by atoms with E-state index in [-0.39, 0.29) is 0 Å². The van der Waals surface area contributed by atoms with Gasteiger partial charge in [0.1, 0.15) is 0 Å². The molecule has 0 aromatic heterocycles. The van der Waals surface area contributed by atoms with Crippen LogP contribution in [0.3, 0.4) is 0 Å². The van der Waals surface area contributed by atoms with Crippen molar-refractivity contribution in [3.8, 4) is 0 Å². The fourth-order valence-corrected chi connectivity index (χ4v) is 0.226. The Bertz CT molecular complexity index is 138. The van der Waals surface area contributed by atoms with Gasteiger partial charge in [-0.1, -0.05) is 23.2 Å². The Morgan fingerprint density at radius 2 is 2.25 bits per heavy atom. The van der Waals surface area contributed by atoms with E-state index in [0.29, 0.717) is 6.21 Å². The third-order valence-corrected chi connectivity index (χ3v) is 0.830. The van der Waals surface area contributed by atoms with E-state index in [2.05, 4.69) is 4.79 Å². The molecule has 0 bridgehead atoms. The van der Waals surface area contributed by atoms with Crippen LogP contribution in [0.25, 0.3) is 5.53 Å². The minimum absolute atomic E-state index is 0.629. The summed E-state index contributed by atoms with van der Waals surface area (Å²) in [6, 6.07) is 0. The molecule has 0 atom stereocenters. The van der Waals surface area contributed by atoms with Crippen LogP contribution in [0.5, 0.6) is 0 Å². The molecule has 44 valence electrons. The number of rotatable bonds is 2. The summed E-state index contributed by atoms with van der Waals surface area (Å²) in [5, 5.41) is 0. The van der Waals surface area contributed by atoms with Crippen molar-refractivity contribution in [2.24, 2.45) is 0 Å². The topological polar surface area (TPSA) is 53.5 Å². The second-order valence-corrected chi connectivity index (χ2v) is 2.04. The average molecular weight is 153 g/mol. The summed E-state index contributed by atoms with van der Waals surface area (Å²) >= 11 is 10.0. The minimum atomic E-state index is -1.13. The number of nitrogens with zero attached hydrogens (tertiary/aromatic N) is 2. The van der Waals surface area contributed by atoms with E-state index in [4.69, 9.17) is 28.7 Å². The lowest BCUT2D eigenvalue weighted by atomic mass is 10.5. The molecule has 8 heavy (non-hydrogen) atoms. The molecule has 0 fully saturated rings. The Morgan fingerprint density at radius 3 is 2.38 bits per heavy atom. The second kappa shape index (κ2) is 3.61. The molecule has 3 nitrogen and oxygen atoms in total. The van der Waals surface area contributed by atoms with Crippen molar-refractivity contribution in [2.75, 3.05) is 0 Å². The van der Waals surface area contributed by atoms with Crippen LogP contribution in [0, 0.1) is 0 Å². The fraction of sp³-hybridized carbons (Fsp3) is 0.333. The van der Waals surface area contributed by atoms with Gasteiger partial charge in [0.2, 0.25) is 0 Å². The number of hydrogen-bond donors (Lipinski definition) is 0. The molecule has 0 saturated heterocycles. The highest BCUT2D eigenvalue weighted by molar-refractivity contribution is 6.60. The highest BCUT2D eigenvalue weighted by Gasteiger charge is 2.11. The average Bonchev–Trinajstić information content (AvgIpc) is 1.67. The van der Waals surface area contributed by atoms with E-state index in [0.717, 1.165) is 0 Å². The highest BCUT2D eigenvalue weighted by atomic mass is 35.5. The third kappa shape index (κ3) is 2.75. The van der Waals surface area contributed by atoms with Gasteiger partial charge in [0, 0.05) is 0 Å². The summed E-state index contributed by atoms with van der Waals surface area (Å²) in [6.45, 7) is 0. The van der Waals surface area contributed by atoms with Crippen LogP contribution in [0.15, 0.2) is 0 Å². The maximum Gasteiger partial charge on any atom is 0.326 e. The van der Waals surface area contributed by atoms with Gasteiger partial charge in [-0.3, -0.25) is 4.79 Å². The zero-order valence-corrected chi connectivity index (χ0v) is 5.23. The van der Waals surface area contributed by atoms with Gasteiger partial charge < -0.3 is 5.53 Å². The Hall–Kier alpha value is -0.370. The molecule has 0 aliphatic rings. The number of alkyl halides is 2. The first-order valence-electron chi connectivity index (χ1n) is 1.68. The fourth-order valence-electron chi connectivity index (χ4n) is 0.113. The summed E-state index contributed by atoms with van der Waals surface area (Å²) in [5.41, 5.74) is 7.72. The predicted octanol–water partition coefficient (Wildman–Crippen LogP) is 0.660. The maximum absolute atomic E-state index is 10.2. The summed E-state index contributed by atoms with van der Waals surface area (Å²) < 4.78 is 0. The third-order valence-electron chi connectivity index (χ3n) is 0.400. The summed E-state index contributed by atoms with van der Waals surface area (Å²) in [4.78, 5) is 11.4. The normalized spacial score (nSPS) is 8.38. The second-order valence-electron chi connectivity index (χ2n) is 0.948. The van der Waals surface area contributed by atoms with Crippen LogP contribution in [0.2, 0.25) is 0 Å². The zero-order chi connectivity index (χ0) is 6.57. The SMILES string of the molecule is [N-]=[N+]=CC(=O)C(Cl)Cl. The Labute approximate surface area is 55.8 Å². The van der Waals surface area contributed by atoms with Crippen molar-refractivity contribution < 1.29 is 9.58 Å². The first-order valence-corrected chi connectivity index (χ1v) is 2.55. The van der Waals surface area contributed by atoms with Gasteiger partial charge in [0.15, 0.2) is 4.84 Å². The van der Waals surface area contributed by atoms with E-state index in [1.54, 1.807) is 0 Å². The summed E-state index contributed by atoms with van der Waals surface area (Å²) in [5.74, 6) is -0.629. The Balaban J connectivity index is 3.84. The monoisotopic (exact) mass is 152 g/mol. The molecule has 0 radical (unpaired) electrons. The summed E-state index contributed by atoms with van der Waals surface area (Å²) in [7, 11) is 0. The first-order chi connectivity index (χ1) is 3.68. The highest BCUT2D eigenvalue weighted by Crippen LogP contribution is 1.99. The van der Waals surface area contributed by atoms with E-state index in [9.17, 15) is 4.79 Å². The molecule has 0 N–H and O–H groups in total. The van der Waals surface area contributed by atoms with Crippen molar-refractivity contribution in [1.82, 2.24) is 0 Å². The Kier molecular flexibility index (Phi) is 3.44. The number of carbonyl (C=O) groups excluding carboxylic acids is 1. The number of ketones is 1. The van der Waals surface area contributed by atoms with Crippen LogP contribution in [-0.4, -0.2) is 21.6 Å². The molecule has 0 amide bonds. The first kappa shape index (κ1) is 7.63. The van der Waals surface area contributed by atoms with Crippen LogP contribution in [-0.2, 0) is 4.79 Å². The molecule has 0 spiro atoms. The molecular formula is C3H2Cl2N2O. The molecule has 0 aliphatic carbocycles. The van der Waals surface area contributed by atoms with E-state index < -0.39 is 10.6 Å². The smallest absolute Gasteiger partial charge is 0.326 e. The van der Waals surface area contributed by atoms with Crippen molar-refractivity contribution in [2.45, 2.75) is 4.84 Å². The van der Waals surface area contributed by atoms with Gasteiger partial charge in [-0.25, -0.2) is 0 Å². The zero-order valence-electron chi connectivity index (χ0n) is 3.71. The van der Waals surface area contributed by atoms with Crippen molar-refractivity contribution >= 4 is 35.2 Å². The molecule has 0 heterocycles. The largest absolute Gasteiger partial charge is 0.361 e. The van der Waals surface area contributed by atoms with Gasteiger partial charge >= 0.3 is 6.21 Å². The van der Waals surface area contributed by atoms with Gasteiger partial charge in [0.05, 0.1) is 0 Å². The van der Waals surface area contributed by atoms with Crippen LogP contribution >= 0.6 is 23.2 Å². The van der Waals surface area contributed by atoms with Crippen molar-refractivity contribution in [3.05, 3.63) is 5.53 Å². The lowest BCUT2D eigenvalue weighted by Gasteiger charge is -1.82. The van der Waals surface area contributed by atoms with Crippen molar-refractivity contribution in [1.29, 1.82) is 0 Å². The molecule has 0 unspecified atom stereocenters.